The summed E-state index contributed by atoms with van der Waals surface area (Å²) in [5.74, 6) is 0. The third kappa shape index (κ3) is 2.32. The molecule has 0 bridgehead atoms. The highest BCUT2D eigenvalue weighted by atomic mass is 15.3. The molecule has 1 atom stereocenters. The van der Waals surface area contributed by atoms with Gasteiger partial charge in [-0.2, -0.15) is 0 Å². The minimum atomic E-state index is 0.392. The number of hydrogen-bond acceptors (Lipinski definition) is 2. The molecule has 2 nitrogen and oxygen atoms in total. The highest BCUT2D eigenvalue weighted by Gasteiger charge is 2.24. The second-order valence-corrected chi connectivity index (χ2v) is 5.73. The summed E-state index contributed by atoms with van der Waals surface area (Å²) in [5, 5.41) is 0. The van der Waals surface area contributed by atoms with Crippen molar-refractivity contribution in [3.05, 3.63) is 65.2 Å². The summed E-state index contributed by atoms with van der Waals surface area (Å²) in [6.07, 6.45) is 0.392. The lowest BCUT2D eigenvalue weighted by molar-refractivity contribution is 0.248. The van der Waals surface area contributed by atoms with Gasteiger partial charge in [0.1, 0.15) is 0 Å². The summed E-state index contributed by atoms with van der Waals surface area (Å²) in [6, 6.07) is 17.5. The number of anilines is 1. The van der Waals surface area contributed by atoms with Gasteiger partial charge in [0.2, 0.25) is 0 Å². The predicted octanol–water partition coefficient (Wildman–Crippen LogP) is 3.79. The number of para-hydroxylation sites is 1. The lowest BCUT2D eigenvalue weighted by Crippen LogP contribution is -2.42. The van der Waals surface area contributed by atoms with E-state index in [9.17, 15) is 0 Å². The van der Waals surface area contributed by atoms with Gasteiger partial charge in [-0.25, -0.2) is 0 Å². The summed E-state index contributed by atoms with van der Waals surface area (Å²) in [5.41, 5.74) is 5.56. The molecule has 0 amide bonds. The number of fused-ring (bicyclic) bond motifs is 1. The molecule has 20 heavy (non-hydrogen) atoms. The fraction of sp³-hybridized carbons (Fsp3) is 0.333. The SMILES string of the molecule is Cc1ccccc1N1Cc2ccccc2CN(C)C1C. The third-order valence-electron chi connectivity index (χ3n) is 4.39. The van der Waals surface area contributed by atoms with Crippen LogP contribution in [0.5, 0.6) is 0 Å². The van der Waals surface area contributed by atoms with Crippen LogP contribution in [0.2, 0.25) is 0 Å². The van der Waals surface area contributed by atoms with Gasteiger partial charge in [0, 0.05) is 18.8 Å². The van der Waals surface area contributed by atoms with E-state index in [4.69, 9.17) is 0 Å². The average Bonchev–Trinajstić information content (AvgIpc) is 2.58. The minimum absolute atomic E-state index is 0.392. The smallest absolute Gasteiger partial charge is 0.0796 e. The van der Waals surface area contributed by atoms with E-state index in [1.54, 1.807) is 0 Å². The van der Waals surface area contributed by atoms with Gasteiger partial charge in [-0.1, -0.05) is 42.5 Å². The molecule has 2 aromatic rings. The predicted molar refractivity (Wildman–Crippen MR) is 84.7 cm³/mol. The molecular formula is C18H22N2. The van der Waals surface area contributed by atoms with Gasteiger partial charge in [-0.15, -0.1) is 0 Å². The molecule has 0 spiro atoms. The second-order valence-electron chi connectivity index (χ2n) is 5.73. The first kappa shape index (κ1) is 13.2. The first-order chi connectivity index (χ1) is 9.66. The van der Waals surface area contributed by atoms with Gasteiger partial charge in [-0.3, -0.25) is 4.90 Å². The standard InChI is InChI=1S/C18H22N2/c1-14-8-4-7-11-18(14)20-13-17-10-6-5-9-16(17)12-19(3)15(20)2/h4-11,15H,12-13H2,1-3H3. The third-order valence-corrected chi connectivity index (χ3v) is 4.39. The Morgan fingerprint density at radius 2 is 1.50 bits per heavy atom. The Morgan fingerprint density at radius 3 is 2.20 bits per heavy atom. The Morgan fingerprint density at radius 1 is 0.900 bits per heavy atom. The number of nitrogens with zero attached hydrogens (tertiary/aromatic N) is 2. The maximum atomic E-state index is 2.50. The zero-order chi connectivity index (χ0) is 14.1. The van der Waals surface area contributed by atoms with Crippen molar-refractivity contribution in [3.63, 3.8) is 0 Å². The Balaban J connectivity index is 2.04. The molecule has 2 aromatic carbocycles. The molecule has 1 aliphatic heterocycles. The molecule has 1 aliphatic rings. The van der Waals surface area contributed by atoms with Crippen LogP contribution in [-0.4, -0.2) is 18.1 Å². The molecule has 0 fully saturated rings. The number of rotatable bonds is 1. The van der Waals surface area contributed by atoms with Crippen LogP contribution in [0.4, 0.5) is 5.69 Å². The topological polar surface area (TPSA) is 6.48 Å². The number of hydrogen-bond donors (Lipinski definition) is 0. The molecule has 2 heteroatoms. The summed E-state index contributed by atoms with van der Waals surface area (Å²) in [4.78, 5) is 4.92. The van der Waals surface area contributed by atoms with Crippen molar-refractivity contribution in [1.29, 1.82) is 0 Å². The van der Waals surface area contributed by atoms with Crippen LogP contribution in [-0.2, 0) is 13.1 Å². The van der Waals surface area contributed by atoms with Crippen molar-refractivity contribution in [3.8, 4) is 0 Å². The molecule has 1 heterocycles. The summed E-state index contributed by atoms with van der Waals surface area (Å²) in [6.45, 7) is 6.48. The van der Waals surface area contributed by atoms with Crippen LogP contribution in [0.25, 0.3) is 0 Å². The van der Waals surface area contributed by atoms with Crippen molar-refractivity contribution < 1.29 is 0 Å². The molecule has 0 aromatic heterocycles. The van der Waals surface area contributed by atoms with E-state index in [1.165, 1.54) is 22.4 Å². The zero-order valence-corrected chi connectivity index (χ0v) is 12.5. The Hall–Kier alpha value is -1.80. The minimum Gasteiger partial charge on any atom is -0.352 e. The Bertz CT molecular complexity index is 606. The molecule has 0 N–H and O–H groups in total. The van der Waals surface area contributed by atoms with E-state index in [0.717, 1.165) is 13.1 Å². The van der Waals surface area contributed by atoms with E-state index in [2.05, 4.69) is 79.2 Å². The molecule has 0 aliphatic carbocycles. The molecule has 0 saturated carbocycles. The van der Waals surface area contributed by atoms with E-state index in [-0.39, 0.29) is 0 Å². The molecule has 1 unspecified atom stereocenters. The van der Waals surface area contributed by atoms with Crippen LogP contribution >= 0.6 is 0 Å². The van der Waals surface area contributed by atoms with Crippen LogP contribution in [0.1, 0.15) is 23.6 Å². The van der Waals surface area contributed by atoms with E-state index in [0.29, 0.717) is 6.17 Å². The van der Waals surface area contributed by atoms with Gasteiger partial charge < -0.3 is 4.90 Å². The fourth-order valence-electron chi connectivity index (χ4n) is 2.99. The van der Waals surface area contributed by atoms with E-state index in [1.807, 2.05) is 0 Å². The van der Waals surface area contributed by atoms with Gasteiger partial charge in [0.05, 0.1) is 6.17 Å². The van der Waals surface area contributed by atoms with Crippen LogP contribution in [0.3, 0.4) is 0 Å². The molecule has 3 rings (SSSR count). The first-order valence-corrected chi connectivity index (χ1v) is 7.26. The summed E-state index contributed by atoms with van der Waals surface area (Å²) >= 11 is 0. The van der Waals surface area contributed by atoms with Crippen molar-refractivity contribution in [2.24, 2.45) is 0 Å². The van der Waals surface area contributed by atoms with Gasteiger partial charge in [0.25, 0.3) is 0 Å². The highest BCUT2D eigenvalue weighted by molar-refractivity contribution is 5.54. The van der Waals surface area contributed by atoms with Crippen LogP contribution in [0, 0.1) is 6.92 Å². The molecule has 104 valence electrons. The zero-order valence-electron chi connectivity index (χ0n) is 12.5. The largest absolute Gasteiger partial charge is 0.352 e. The van der Waals surface area contributed by atoms with Gasteiger partial charge >= 0.3 is 0 Å². The first-order valence-electron chi connectivity index (χ1n) is 7.26. The molecular weight excluding hydrogens is 244 g/mol. The van der Waals surface area contributed by atoms with Crippen molar-refractivity contribution in [1.82, 2.24) is 4.90 Å². The quantitative estimate of drug-likeness (QED) is 0.775. The maximum absolute atomic E-state index is 2.50. The molecule has 0 radical (unpaired) electrons. The van der Waals surface area contributed by atoms with Crippen molar-refractivity contribution in [2.75, 3.05) is 11.9 Å². The van der Waals surface area contributed by atoms with Crippen LogP contribution < -0.4 is 4.90 Å². The summed E-state index contributed by atoms with van der Waals surface area (Å²) in [7, 11) is 2.21. The lowest BCUT2D eigenvalue weighted by Gasteiger charge is -2.35. The normalized spacial score (nSPS) is 19.6. The Labute approximate surface area is 121 Å². The molecule has 0 saturated heterocycles. The van der Waals surface area contributed by atoms with Crippen molar-refractivity contribution >= 4 is 5.69 Å². The fourth-order valence-corrected chi connectivity index (χ4v) is 2.99. The second kappa shape index (κ2) is 5.29. The highest BCUT2D eigenvalue weighted by Crippen LogP contribution is 2.29. The van der Waals surface area contributed by atoms with Gasteiger partial charge in [0.15, 0.2) is 0 Å². The van der Waals surface area contributed by atoms with Crippen molar-refractivity contribution in [2.45, 2.75) is 33.1 Å². The van der Waals surface area contributed by atoms with E-state index >= 15 is 0 Å². The van der Waals surface area contributed by atoms with Crippen LogP contribution in [0.15, 0.2) is 48.5 Å². The van der Waals surface area contributed by atoms with E-state index < -0.39 is 0 Å². The average molecular weight is 266 g/mol. The maximum Gasteiger partial charge on any atom is 0.0796 e. The Kier molecular flexibility index (Phi) is 3.49. The summed E-state index contributed by atoms with van der Waals surface area (Å²) < 4.78 is 0. The monoisotopic (exact) mass is 266 g/mol. The number of aryl methyl sites for hydroxylation is 1. The van der Waals surface area contributed by atoms with Gasteiger partial charge in [-0.05, 0) is 43.7 Å². The number of benzene rings is 2. The lowest BCUT2D eigenvalue weighted by atomic mass is 10.1.